The highest BCUT2D eigenvalue weighted by molar-refractivity contribution is 5.02. The molecule has 17 heavy (non-hydrogen) atoms. The lowest BCUT2D eigenvalue weighted by atomic mass is 9.96. The van der Waals surface area contributed by atoms with Gasteiger partial charge >= 0.3 is 0 Å². The molecule has 1 aliphatic carbocycles. The van der Waals surface area contributed by atoms with Gasteiger partial charge in [-0.1, -0.05) is 12.8 Å². The van der Waals surface area contributed by atoms with Crippen LogP contribution in [0.2, 0.25) is 0 Å². The monoisotopic (exact) mass is 238 g/mol. The largest absolute Gasteiger partial charge is 0.501 e. The second-order valence-corrected chi connectivity index (χ2v) is 5.71. The Morgan fingerprint density at radius 3 is 2.82 bits per heavy atom. The number of ether oxygens (including phenoxy) is 2. The molecule has 2 nitrogen and oxygen atoms in total. The SMILES string of the molecule is CC1(CCOC=C2CCCC2)CCCCCO1. The Hall–Kier alpha value is -0.500. The molecule has 0 aromatic rings. The van der Waals surface area contributed by atoms with Crippen molar-refractivity contribution < 1.29 is 9.47 Å². The quantitative estimate of drug-likeness (QED) is 0.540. The predicted octanol–water partition coefficient (Wildman–Crippen LogP) is 4.20. The molecule has 0 aromatic carbocycles. The van der Waals surface area contributed by atoms with Crippen LogP contribution in [-0.4, -0.2) is 18.8 Å². The van der Waals surface area contributed by atoms with Crippen molar-refractivity contribution in [3.8, 4) is 0 Å². The van der Waals surface area contributed by atoms with E-state index in [-0.39, 0.29) is 5.60 Å². The van der Waals surface area contributed by atoms with Crippen molar-refractivity contribution in [2.24, 2.45) is 0 Å². The van der Waals surface area contributed by atoms with Crippen LogP contribution >= 0.6 is 0 Å². The molecule has 2 rings (SSSR count). The zero-order valence-electron chi connectivity index (χ0n) is 11.2. The molecule has 0 bridgehead atoms. The van der Waals surface area contributed by atoms with Crippen LogP contribution in [0.25, 0.3) is 0 Å². The molecule has 1 atom stereocenters. The molecule has 1 saturated heterocycles. The van der Waals surface area contributed by atoms with Gasteiger partial charge in [0.15, 0.2) is 0 Å². The molecule has 1 saturated carbocycles. The van der Waals surface area contributed by atoms with Gasteiger partial charge in [-0.3, -0.25) is 0 Å². The van der Waals surface area contributed by atoms with Gasteiger partial charge in [-0.2, -0.15) is 0 Å². The molecule has 1 heterocycles. The summed E-state index contributed by atoms with van der Waals surface area (Å²) in [4.78, 5) is 0. The van der Waals surface area contributed by atoms with E-state index in [9.17, 15) is 0 Å². The molecule has 0 N–H and O–H groups in total. The maximum absolute atomic E-state index is 5.96. The van der Waals surface area contributed by atoms with Gasteiger partial charge < -0.3 is 9.47 Å². The van der Waals surface area contributed by atoms with Gasteiger partial charge in [0, 0.05) is 13.0 Å². The fourth-order valence-electron chi connectivity index (χ4n) is 2.76. The lowest BCUT2D eigenvalue weighted by molar-refractivity contribution is -0.0442. The van der Waals surface area contributed by atoms with E-state index >= 15 is 0 Å². The molecule has 0 spiro atoms. The fourth-order valence-corrected chi connectivity index (χ4v) is 2.76. The molecule has 0 radical (unpaired) electrons. The van der Waals surface area contributed by atoms with E-state index in [2.05, 4.69) is 6.92 Å². The molecule has 0 amide bonds. The lowest BCUT2D eigenvalue weighted by Gasteiger charge is -2.27. The van der Waals surface area contributed by atoms with Crippen LogP contribution in [0, 0.1) is 0 Å². The van der Waals surface area contributed by atoms with Gasteiger partial charge in [-0.15, -0.1) is 0 Å². The van der Waals surface area contributed by atoms with Gasteiger partial charge in [0.05, 0.1) is 18.5 Å². The van der Waals surface area contributed by atoms with Gasteiger partial charge in [0.1, 0.15) is 0 Å². The van der Waals surface area contributed by atoms with Crippen LogP contribution in [0.1, 0.15) is 64.7 Å². The van der Waals surface area contributed by atoms with Crippen LogP contribution < -0.4 is 0 Å². The predicted molar refractivity (Wildman–Crippen MR) is 69.9 cm³/mol. The van der Waals surface area contributed by atoms with Crippen LogP contribution in [-0.2, 0) is 9.47 Å². The van der Waals surface area contributed by atoms with Gasteiger partial charge in [0.25, 0.3) is 0 Å². The summed E-state index contributed by atoms with van der Waals surface area (Å²) in [6.07, 6.45) is 13.2. The number of hydrogen-bond acceptors (Lipinski definition) is 2. The van der Waals surface area contributed by atoms with Crippen molar-refractivity contribution in [3.63, 3.8) is 0 Å². The van der Waals surface area contributed by atoms with E-state index in [1.807, 2.05) is 6.26 Å². The Labute approximate surface area is 105 Å². The van der Waals surface area contributed by atoms with Crippen LogP contribution in [0.15, 0.2) is 11.8 Å². The Kier molecular flexibility index (Phi) is 4.90. The normalized spacial score (nSPS) is 30.1. The second kappa shape index (κ2) is 6.44. The van der Waals surface area contributed by atoms with Gasteiger partial charge in [-0.05, 0) is 51.0 Å². The first-order valence-corrected chi connectivity index (χ1v) is 7.22. The standard InChI is InChI=1S/C15H26O2/c1-15(9-5-2-6-11-17-15)10-12-16-13-14-7-3-4-8-14/h13H,2-12H2,1H3. The highest BCUT2D eigenvalue weighted by Gasteiger charge is 2.26. The summed E-state index contributed by atoms with van der Waals surface area (Å²) < 4.78 is 11.6. The molecule has 1 unspecified atom stereocenters. The summed E-state index contributed by atoms with van der Waals surface area (Å²) >= 11 is 0. The smallest absolute Gasteiger partial charge is 0.0900 e. The first-order chi connectivity index (χ1) is 8.29. The molecule has 2 fully saturated rings. The molecular formula is C15H26O2. The van der Waals surface area contributed by atoms with E-state index in [0.29, 0.717) is 0 Å². The first kappa shape index (κ1) is 12.9. The minimum atomic E-state index is 0.0602. The van der Waals surface area contributed by atoms with Crippen molar-refractivity contribution in [1.82, 2.24) is 0 Å². The van der Waals surface area contributed by atoms with E-state index in [1.165, 1.54) is 56.9 Å². The zero-order valence-corrected chi connectivity index (χ0v) is 11.2. The lowest BCUT2D eigenvalue weighted by Crippen LogP contribution is -2.29. The van der Waals surface area contributed by atoms with Crippen LogP contribution in [0.5, 0.6) is 0 Å². The third-order valence-electron chi connectivity index (χ3n) is 4.05. The number of rotatable bonds is 4. The van der Waals surface area contributed by atoms with Crippen LogP contribution in [0.4, 0.5) is 0 Å². The van der Waals surface area contributed by atoms with Gasteiger partial charge in [0.2, 0.25) is 0 Å². The fraction of sp³-hybridized carbons (Fsp3) is 0.867. The molecule has 2 aliphatic rings. The Balaban J connectivity index is 1.67. The van der Waals surface area contributed by atoms with Crippen molar-refractivity contribution in [1.29, 1.82) is 0 Å². The van der Waals surface area contributed by atoms with Crippen molar-refractivity contribution >= 4 is 0 Å². The summed E-state index contributed by atoms with van der Waals surface area (Å²) in [7, 11) is 0. The summed E-state index contributed by atoms with van der Waals surface area (Å²) in [5, 5.41) is 0. The summed E-state index contributed by atoms with van der Waals surface area (Å²) in [5.74, 6) is 0. The third-order valence-corrected chi connectivity index (χ3v) is 4.05. The average molecular weight is 238 g/mol. The summed E-state index contributed by atoms with van der Waals surface area (Å²) in [5.41, 5.74) is 1.56. The van der Waals surface area contributed by atoms with Crippen molar-refractivity contribution in [2.75, 3.05) is 13.2 Å². The van der Waals surface area contributed by atoms with Crippen molar-refractivity contribution in [2.45, 2.75) is 70.3 Å². The van der Waals surface area contributed by atoms with E-state index < -0.39 is 0 Å². The van der Waals surface area contributed by atoms with Crippen LogP contribution in [0.3, 0.4) is 0 Å². The van der Waals surface area contributed by atoms with E-state index in [1.54, 1.807) is 0 Å². The molecule has 0 aromatic heterocycles. The topological polar surface area (TPSA) is 18.5 Å². The second-order valence-electron chi connectivity index (χ2n) is 5.71. The molecule has 98 valence electrons. The molecule has 1 aliphatic heterocycles. The Morgan fingerprint density at radius 1 is 1.18 bits per heavy atom. The summed E-state index contributed by atoms with van der Waals surface area (Å²) in [6.45, 7) is 3.97. The van der Waals surface area contributed by atoms with E-state index in [0.717, 1.165) is 19.6 Å². The molecular weight excluding hydrogens is 212 g/mol. The third kappa shape index (κ3) is 4.34. The highest BCUT2D eigenvalue weighted by Crippen LogP contribution is 2.27. The minimum Gasteiger partial charge on any atom is -0.501 e. The number of allylic oxidation sites excluding steroid dienone is 1. The Morgan fingerprint density at radius 2 is 2.00 bits per heavy atom. The molecule has 2 heteroatoms. The first-order valence-electron chi connectivity index (χ1n) is 7.22. The number of hydrogen-bond donors (Lipinski definition) is 0. The van der Waals surface area contributed by atoms with E-state index in [4.69, 9.17) is 9.47 Å². The average Bonchev–Trinajstić information content (AvgIpc) is 2.74. The van der Waals surface area contributed by atoms with Gasteiger partial charge in [-0.25, -0.2) is 0 Å². The maximum atomic E-state index is 5.96. The summed E-state index contributed by atoms with van der Waals surface area (Å²) in [6, 6.07) is 0. The van der Waals surface area contributed by atoms with Crippen molar-refractivity contribution in [3.05, 3.63) is 11.8 Å². The highest BCUT2D eigenvalue weighted by atomic mass is 16.5. The maximum Gasteiger partial charge on any atom is 0.0900 e. The Bertz CT molecular complexity index is 242. The minimum absolute atomic E-state index is 0.0602. The zero-order chi connectivity index (χ0) is 12.0.